The number of carbonyl (C=O) groups is 2. The smallest absolute Gasteiger partial charge is 0.352 e. The number of carbonyl (C=O) groups excluding carboxylic acids is 1. The molecule has 5 nitrogen and oxygen atoms in total. The quantitative estimate of drug-likeness (QED) is 0.647. The second-order valence-electron chi connectivity index (χ2n) is 6.78. The molecule has 27 heavy (non-hydrogen) atoms. The summed E-state index contributed by atoms with van der Waals surface area (Å²) in [6.45, 7) is 0. The van der Waals surface area contributed by atoms with Gasteiger partial charge in [0, 0.05) is 18.1 Å². The van der Waals surface area contributed by atoms with E-state index < -0.39 is 5.97 Å². The molecule has 0 bridgehead atoms. The molecule has 1 aromatic heterocycles. The summed E-state index contributed by atoms with van der Waals surface area (Å²) in [4.78, 5) is 23.6. The fraction of sp³-hybridized carbons (Fsp3) is 0.333. The van der Waals surface area contributed by atoms with Gasteiger partial charge in [-0.3, -0.25) is 4.79 Å². The van der Waals surface area contributed by atoms with Crippen molar-refractivity contribution in [3.8, 4) is 11.3 Å². The highest BCUT2D eigenvalue weighted by molar-refractivity contribution is 6.33. The van der Waals surface area contributed by atoms with E-state index >= 15 is 0 Å². The highest BCUT2D eigenvalue weighted by Gasteiger charge is 2.18. The highest BCUT2D eigenvalue weighted by Crippen LogP contribution is 2.30. The molecule has 1 saturated carbocycles. The Kier molecular flexibility index (Phi) is 6.35. The molecule has 0 unspecified atom stereocenters. The first-order valence-corrected chi connectivity index (χ1v) is 9.50. The van der Waals surface area contributed by atoms with Crippen molar-refractivity contribution >= 4 is 29.6 Å². The fourth-order valence-electron chi connectivity index (χ4n) is 3.38. The van der Waals surface area contributed by atoms with E-state index in [4.69, 9.17) is 16.0 Å². The van der Waals surface area contributed by atoms with Gasteiger partial charge >= 0.3 is 5.97 Å². The van der Waals surface area contributed by atoms with Crippen LogP contribution < -0.4 is 5.32 Å². The lowest BCUT2D eigenvalue weighted by atomic mass is 10.0. The first-order chi connectivity index (χ1) is 13.0. The molecular formula is C21H22ClNO4. The fourth-order valence-corrected chi connectivity index (χ4v) is 3.61. The Bertz CT molecular complexity index is 849. The molecule has 0 atom stereocenters. The molecule has 1 amide bonds. The van der Waals surface area contributed by atoms with Gasteiger partial charge in [-0.25, -0.2) is 4.79 Å². The SMILES string of the molecule is O=C(CCC1CCCC1)N/C(=C\c1ccc(-c2ccccc2Cl)o1)C(=O)O. The second kappa shape index (κ2) is 8.91. The van der Waals surface area contributed by atoms with E-state index in [1.807, 2.05) is 18.2 Å². The van der Waals surface area contributed by atoms with Crippen molar-refractivity contribution in [2.75, 3.05) is 0 Å². The summed E-state index contributed by atoms with van der Waals surface area (Å²) < 4.78 is 5.68. The number of halogens is 1. The second-order valence-corrected chi connectivity index (χ2v) is 7.19. The number of aliphatic carboxylic acids is 1. The zero-order chi connectivity index (χ0) is 19.2. The number of rotatable bonds is 7. The van der Waals surface area contributed by atoms with E-state index in [-0.39, 0.29) is 11.6 Å². The normalized spacial score (nSPS) is 15.1. The molecule has 0 radical (unpaired) electrons. The minimum absolute atomic E-state index is 0.202. The monoisotopic (exact) mass is 387 g/mol. The third-order valence-corrected chi connectivity index (χ3v) is 5.14. The van der Waals surface area contributed by atoms with Crippen LogP contribution in [-0.2, 0) is 9.59 Å². The number of nitrogens with one attached hydrogen (secondary N) is 1. The Balaban J connectivity index is 1.67. The summed E-state index contributed by atoms with van der Waals surface area (Å²) in [7, 11) is 0. The van der Waals surface area contributed by atoms with Crippen LogP contribution >= 0.6 is 11.6 Å². The molecule has 2 aromatic rings. The third-order valence-electron chi connectivity index (χ3n) is 4.81. The van der Waals surface area contributed by atoms with Crippen LogP contribution in [0, 0.1) is 5.92 Å². The van der Waals surface area contributed by atoms with Crippen molar-refractivity contribution in [2.45, 2.75) is 38.5 Å². The zero-order valence-electron chi connectivity index (χ0n) is 14.9. The van der Waals surface area contributed by atoms with Gasteiger partial charge in [0.1, 0.15) is 17.2 Å². The third kappa shape index (κ3) is 5.23. The highest BCUT2D eigenvalue weighted by atomic mass is 35.5. The summed E-state index contributed by atoms with van der Waals surface area (Å²) in [5, 5.41) is 12.4. The zero-order valence-corrected chi connectivity index (χ0v) is 15.7. The van der Waals surface area contributed by atoms with Crippen molar-refractivity contribution in [1.29, 1.82) is 0 Å². The van der Waals surface area contributed by atoms with Crippen LogP contribution in [0.5, 0.6) is 0 Å². The number of amides is 1. The van der Waals surface area contributed by atoms with Crippen molar-refractivity contribution < 1.29 is 19.1 Å². The molecule has 0 spiro atoms. The predicted molar refractivity (Wildman–Crippen MR) is 104 cm³/mol. The molecule has 142 valence electrons. The van der Waals surface area contributed by atoms with E-state index in [0.29, 0.717) is 28.9 Å². The largest absolute Gasteiger partial charge is 0.477 e. The molecule has 1 heterocycles. The molecular weight excluding hydrogens is 366 g/mol. The van der Waals surface area contributed by atoms with Crippen LogP contribution in [0.15, 0.2) is 46.5 Å². The molecule has 1 aliphatic rings. The van der Waals surface area contributed by atoms with Crippen LogP contribution in [0.2, 0.25) is 5.02 Å². The Morgan fingerprint density at radius 3 is 2.63 bits per heavy atom. The Morgan fingerprint density at radius 2 is 1.93 bits per heavy atom. The number of carboxylic acid groups (broad SMARTS) is 1. The van der Waals surface area contributed by atoms with Gasteiger partial charge in [-0.05, 0) is 36.6 Å². The van der Waals surface area contributed by atoms with Gasteiger partial charge in [0.05, 0.1) is 5.02 Å². The number of benzene rings is 1. The molecule has 1 fully saturated rings. The van der Waals surface area contributed by atoms with Crippen molar-refractivity contribution in [3.05, 3.63) is 52.9 Å². The van der Waals surface area contributed by atoms with Gasteiger partial charge < -0.3 is 14.8 Å². The van der Waals surface area contributed by atoms with Gasteiger partial charge in [-0.15, -0.1) is 0 Å². The standard InChI is InChI=1S/C21H22ClNO4/c22-17-8-4-3-7-16(17)19-11-10-15(27-19)13-18(21(25)26)23-20(24)12-9-14-5-1-2-6-14/h3-4,7-8,10-11,13-14H,1-2,5-6,9,12H2,(H,23,24)(H,25,26)/b18-13-. The maximum absolute atomic E-state index is 12.1. The summed E-state index contributed by atoms with van der Waals surface area (Å²) in [6.07, 6.45) is 7.21. The molecule has 3 rings (SSSR count). The Labute approximate surface area is 163 Å². The van der Waals surface area contributed by atoms with Crippen LogP contribution in [0.4, 0.5) is 0 Å². The van der Waals surface area contributed by atoms with E-state index in [0.717, 1.165) is 24.8 Å². The summed E-state index contributed by atoms with van der Waals surface area (Å²) in [5.41, 5.74) is 0.516. The molecule has 0 aliphatic heterocycles. The van der Waals surface area contributed by atoms with Gasteiger partial charge in [-0.1, -0.05) is 49.4 Å². The minimum Gasteiger partial charge on any atom is -0.477 e. The lowest BCUT2D eigenvalue weighted by Gasteiger charge is -2.09. The van der Waals surface area contributed by atoms with E-state index in [2.05, 4.69) is 5.32 Å². The van der Waals surface area contributed by atoms with Crippen LogP contribution in [0.1, 0.15) is 44.3 Å². The topological polar surface area (TPSA) is 79.5 Å². The number of hydrogen-bond acceptors (Lipinski definition) is 3. The van der Waals surface area contributed by atoms with Gasteiger partial charge in [-0.2, -0.15) is 0 Å². The first kappa shape index (κ1) is 19.2. The minimum atomic E-state index is -1.21. The average Bonchev–Trinajstić information content (AvgIpc) is 3.31. The van der Waals surface area contributed by atoms with Crippen LogP contribution in [0.25, 0.3) is 17.4 Å². The summed E-state index contributed by atoms with van der Waals surface area (Å²) >= 11 is 6.16. The van der Waals surface area contributed by atoms with Gasteiger partial charge in [0.2, 0.25) is 5.91 Å². The van der Waals surface area contributed by atoms with E-state index in [1.165, 1.54) is 18.9 Å². The van der Waals surface area contributed by atoms with Crippen molar-refractivity contribution in [2.24, 2.45) is 5.92 Å². The molecule has 1 aromatic carbocycles. The van der Waals surface area contributed by atoms with Crippen LogP contribution in [0.3, 0.4) is 0 Å². The molecule has 0 saturated heterocycles. The van der Waals surface area contributed by atoms with E-state index in [9.17, 15) is 14.7 Å². The maximum atomic E-state index is 12.1. The molecule has 2 N–H and O–H groups in total. The Morgan fingerprint density at radius 1 is 1.19 bits per heavy atom. The summed E-state index contributed by atoms with van der Waals surface area (Å²) in [5.74, 6) is -0.0489. The molecule has 1 aliphatic carbocycles. The average molecular weight is 388 g/mol. The summed E-state index contributed by atoms with van der Waals surface area (Å²) in [6, 6.07) is 10.6. The first-order valence-electron chi connectivity index (χ1n) is 9.12. The number of carboxylic acids is 1. The number of hydrogen-bond donors (Lipinski definition) is 2. The van der Waals surface area contributed by atoms with E-state index in [1.54, 1.807) is 18.2 Å². The Hall–Kier alpha value is -2.53. The van der Waals surface area contributed by atoms with Gasteiger partial charge in [0.25, 0.3) is 0 Å². The predicted octanol–water partition coefficient (Wildman–Crippen LogP) is 5.11. The lowest BCUT2D eigenvalue weighted by Crippen LogP contribution is -2.27. The molecule has 6 heteroatoms. The van der Waals surface area contributed by atoms with Crippen molar-refractivity contribution in [1.82, 2.24) is 5.32 Å². The lowest BCUT2D eigenvalue weighted by molar-refractivity contribution is -0.134. The van der Waals surface area contributed by atoms with Crippen LogP contribution in [-0.4, -0.2) is 17.0 Å². The maximum Gasteiger partial charge on any atom is 0.352 e. The van der Waals surface area contributed by atoms with Gasteiger partial charge in [0.15, 0.2) is 0 Å². The number of furan rings is 1. The van der Waals surface area contributed by atoms with Crippen molar-refractivity contribution in [3.63, 3.8) is 0 Å².